The van der Waals surface area contributed by atoms with Crippen LogP contribution in [0.3, 0.4) is 0 Å². The highest BCUT2D eigenvalue weighted by molar-refractivity contribution is 7.71. The normalized spacial score (nSPS) is 17.4. The highest BCUT2D eigenvalue weighted by Gasteiger charge is 2.18. The third-order valence-electron chi connectivity index (χ3n) is 2.83. The van der Waals surface area contributed by atoms with Gasteiger partial charge < -0.3 is 14.9 Å². The first kappa shape index (κ1) is 11.5. The lowest BCUT2D eigenvalue weighted by atomic mass is 9.97. The fourth-order valence-corrected chi connectivity index (χ4v) is 2.32. The molecule has 0 atom stereocenters. The Bertz CT molecular complexity index is 454. The Morgan fingerprint density at radius 3 is 2.56 bits per heavy atom. The molecule has 1 aromatic rings. The van der Waals surface area contributed by atoms with Crippen LogP contribution in [0.1, 0.15) is 12.8 Å². The monoisotopic (exact) mass is 254 g/mol. The van der Waals surface area contributed by atoms with Crippen molar-refractivity contribution in [3.63, 3.8) is 0 Å². The first-order chi connectivity index (χ1) is 7.69. The Morgan fingerprint density at radius 1 is 1.31 bits per heavy atom. The van der Waals surface area contributed by atoms with E-state index < -0.39 is 0 Å². The summed E-state index contributed by atoms with van der Waals surface area (Å²) in [5, 5.41) is 0. The number of piperidine rings is 1. The molecule has 0 amide bonds. The molecule has 4 nitrogen and oxygen atoms in total. The Labute approximate surface area is 104 Å². The molecule has 6 heteroatoms. The van der Waals surface area contributed by atoms with Gasteiger partial charge in [0.2, 0.25) is 10.7 Å². The highest BCUT2D eigenvalue weighted by atomic mass is 32.1. The lowest BCUT2D eigenvalue weighted by Crippen LogP contribution is -2.34. The molecular formula is C10H14N4S2. The SMILES string of the molecule is C=CC1CCN(c2nc(=S)[nH]c(=S)[nH]2)CC1. The standard InChI is InChI=1S/C10H14N4S2/c1-2-7-3-5-14(6-4-7)8-11-9(15)13-10(16)12-8/h2,7H,1,3-6H2,(H2,11,12,13,15,16). The first-order valence-corrected chi connectivity index (χ1v) is 6.09. The second kappa shape index (κ2) is 4.88. The van der Waals surface area contributed by atoms with Gasteiger partial charge in [-0.2, -0.15) is 4.98 Å². The molecule has 86 valence electrons. The van der Waals surface area contributed by atoms with Crippen molar-refractivity contribution in [2.24, 2.45) is 5.92 Å². The van der Waals surface area contributed by atoms with E-state index in [-0.39, 0.29) is 0 Å². The van der Waals surface area contributed by atoms with Gasteiger partial charge in [0.25, 0.3) is 0 Å². The van der Waals surface area contributed by atoms with Crippen molar-refractivity contribution in [2.75, 3.05) is 18.0 Å². The van der Waals surface area contributed by atoms with Gasteiger partial charge in [-0.3, -0.25) is 0 Å². The minimum absolute atomic E-state index is 0.435. The second-order valence-corrected chi connectivity index (χ2v) is 4.67. The number of rotatable bonds is 2. The lowest BCUT2D eigenvalue weighted by molar-refractivity contribution is 0.473. The minimum atomic E-state index is 0.435. The zero-order valence-electron chi connectivity index (χ0n) is 8.90. The summed E-state index contributed by atoms with van der Waals surface area (Å²) in [7, 11) is 0. The molecule has 1 aliphatic rings. The fourth-order valence-electron chi connectivity index (χ4n) is 1.88. The van der Waals surface area contributed by atoms with Gasteiger partial charge in [-0.1, -0.05) is 6.08 Å². The van der Waals surface area contributed by atoms with Crippen LogP contribution in [0.5, 0.6) is 0 Å². The predicted molar refractivity (Wildman–Crippen MR) is 69.7 cm³/mol. The Hall–Kier alpha value is -1.01. The van der Waals surface area contributed by atoms with E-state index in [0.29, 0.717) is 15.5 Å². The van der Waals surface area contributed by atoms with Crippen molar-refractivity contribution in [3.8, 4) is 0 Å². The second-order valence-electron chi connectivity index (χ2n) is 3.88. The van der Waals surface area contributed by atoms with Crippen molar-refractivity contribution in [1.29, 1.82) is 0 Å². The molecule has 0 radical (unpaired) electrons. The molecule has 2 N–H and O–H groups in total. The van der Waals surface area contributed by atoms with Gasteiger partial charge in [0.05, 0.1) is 0 Å². The van der Waals surface area contributed by atoms with E-state index in [0.717, 1.165) is 31.9 Å². The average molecular weight is 254 g/mol. The Balaban J connectivity index is 2.17. The molecule has 2 heterocycles. The third kappa shape index (κ3) is 2.56. The zero-order valence-corrected chi connectivity index (χ0v) is 10.5. The van der Waals surface area contributed by atoms with Gasteiger partial charge in [-0.15, -0.1) is 6.58 Å². The van der Waals surface area contributed by atoms with Gasteiger partial charge >= 0.3 is 0 Å². The molecule has 2 rings (SSSR count). The lowest BCUT2D eigenvalue weighted by Gasteiger charge is -2.30. The van der Waals surface area contributed by atoms with Crippen LogP contribution in [0.4, 0.5) is 5.95 Å². The Morgan fingerprint density at radius 2 is 2.00 bits per heavy atom. The summed E-state index contributed by atoms with van der Waals surface area (Å²) in [6.45, 7) is 5.76. The van der Waals surface area contributed by atoms with Gasteiger partial charge in [0, 0.05) is 13.1 Å². The summed E-state index contributed by atoms with van der Waals surface area (Å²) in [5.74, 6) is 1.40. The van der Waals surface area contributed by atoms with Crippen LogP contribution in [-0.2, 0) is 0 Å². The van der Waals surface area contributed by atoms with Crippen LogP contribution in [0.15, 0.2) is 12.7 Å². The maximum absolute atomic E-state index is 5.04. The number of hydrogen-bond donors (Lipinski definition) is 2. The topological polar surface area (TPSA) is 47.7 Å². The molecule has 1 fully saturated rings. The molecular weight excluding hydrogens is 240 g/mol. The van der Waals surface area contributed by atoms with Crippen molar-refractivity contribution in [3.05, 3.63) is 22.2 Å². The summed E-state index contributed by atoms with van der Waals surface area (Å²) >= 11 is 10.0. The van der Waals surface area contributed by atoms with Gasteiger partial charge in [0.15, 0.2) is 4.77 Å². The summed E-state index contributed by atoms with van der Waals surface area (Å²) in [5.41, 5.74) is 0. The molecule has 1 aromatic heterocycles. The average Bonchev–Trinajstić information content (AvgIpc) is 2.28. The third-order valence-corrected chi connectivity index (χ3v) is 3.22. The van der Waals surface area contributed by atoms with Crippen LogP contribution in [0, 0.1) is 15.5 Å². The molecule has 0 saturated carbocycles. The largest absolute Gasteiger partial charge is 0.342 e. The smallest absolute Gasteiger partial charge is 0.207 e. The number of H-pyrrole nitrogens is 2. The summed E-state index contributed by atoms with van der Waals surface area (Å²) in [4.78, 5) is 12.2. The number of nitrogens with zero attached hydrogens (tertiary/aromatic N) is 2. The predicted octanol–water partition coefficient (Wildman–Crippen LogP) is 2.60. The van der Waals surface area contributed by atoms with E-state index in [1.54, 1.807) is 0 Å². The van der Waals surface area contributed by atoms with Crippen LogP contribution in [-0.4, -0.2) is 28.0 Å². The first-order valence-electron chi connectivity index (χ1n) is 5.27. The molecule has 0 aliphatic carbocycles. The molecule has 1 saturated heterocycles. The van der Waals surface area contributed by atoms with Crippen LogP contribution >= 0.6 is 24.4 Å². The molecule has 16 heavy (non-hydrogen) atoms. The fraction of sp³-hybridized carbons (Fsp3) is 0.500. The Kier molecular flexibility index (Phi) is 3.50. The maximum Gasteiger partial charge on any atom is 0.207 e. The number of anilines is 1. The van der Waals surface area contributed by atoms with Crippen molar-refractivity contribution in [2.45, 2.75) is 12.8 Å². The number of aromatic nitrogens is 3. The van der Waals surface area contributed by atoms with Gasteiger partial charge in [-0.25, -0.2) is 0 Å². The van der Waals surface area contributed by atoms with Gasteiger partial charge in [-0.05, 0) is 43.2 Å². The molecule has 0 aromatic carbocycles. The maximum atomic E-state index is 5.04. The zero-order chi connectivity index (χ0) is 11.5. The minimum Gasteiger partial charge on any atom is -0.342 e. The van der Waals surface area contributed by atoms with E-state index >= 15 is 0 Å². The van der Waals surface area contributed by atoms with E-state index in [1.165, 1.54) is 0 Å². The quantitative estimate of drug-likeness (QED) is 0.629. The number of allylic oxidation sites excluding steroid dienone is 1. The van der Waals surface area contributed by atoms with Crippen LogP contribution in [0.25, 0.3) is 0 Å². The van der Waals surface area contributed by atoms with Crippen molar-refractivity contribution >= 4 is 30.4 Å². The molecule has 0 bridgehead atoms. The summed E-state index contributed by atoms with van der Waals surface area (Å²) < 4.78 is 0.963. The highest BCUT2D eigenvalue weighted by Crippen LogP contribution is 2.20. The van der Waals surface area contributed by atoms with E-state index in [9.17, 15) is 0 Å². The van der Waals surface area contributed by atoms with E-state index in [2.05, 4.69) is 26.4 Å². The van der Waals surface area contributed by atoms with E-state index in [4.69, 9.17) is 24.4 Å². The van der Waals surface area contributed by atoms with Crippen molar-refractivity contribution in [1.82, 2.24) is 15.0 Å². The molecule has 0 unspecified atom stereocenters. The van der Waals surface area contributed by atoms with Crippen LogP contribution in [0.2, 0.25) is 0 Å². The number of aromatic amines is 2. The number of hydrogen-bond acceptors (Lipinski definition) is 4. The van der Waals surface area contributed by atoms with E-state index in [1.807, 2.05) is 6.08 Å². The summed E-state index contributed by atoms with van der Waals surface area (Å²) in [6.07, 6.45) is 4.25. The summed E-state index contributed by atoms with van der Waals surface area (Å²) in [6, 6.07) is 0. The number of nitrogens with one attached hydrogen (secondary N) is 2. The molecule has 0 spiro atoms. The molecule has 1 aliphatic heterocycles. The van der Waals surface area contributed by atoms with Gasteiger partial charge in [0.1, 0.15) is 0 Å². The van der Waals surface area contributed by atoms with Crippen LogP contribution < -0.4 is 4.90 Å². The van der Waals surface area contributed by atoms with Crippen molar-refractivity contribution < 1.29 is 0 Å².